The summed E-state index contributed by atoms with van der Waals surface area (Å²) in [6.45, 7) is 2.68. The number of methoxy groups -OCH3 is 1. The van der Waals surface area contributed by atoms with Gasteiger partial charge in [-0.15, -0.1) is 11.3 Å². The first-order valence-electron chi connectivity index (χ1n) is 9.01. The monoisotopic (exact) mass is 410 g/mol. The summed E-state index contributed by atoms with van der Waals surface area (Å²) in [5.74, 6) is -0.365. The number of carbonyl (C=O) groups excluding carboxylic acids is 1. The number of aryl methyl sites for hydroxylation is 1. The van der Waals surface area contributed by atoms with Crippen molar-refractivity contribution in [3.63, 3.8) is 0 Å². The Morgan fingerprint density at radius 2 is 1.75 bits per heavy atom. The Labute approximate surface area is 174 Å². The third-order valence-corrected chi connectivity index (χ3v) is 5.77. The summed E-state index contributed by atoms with van der Waals surface area (Å²) in [4.78, 5) is 15.3. The van der Waals surface area contributed by atoms with E-state index in [0.717, 1.165) is 22.5 Å². The summed E-state index contributed by atoms with van der Waals surface area (Å²) in [7, 11) is 1.39. The second-order valence-electron chi connectivity index (χ2n) is 6.14. The Hall–Kier alpha value is -2.70. The molecule has 2 aromatic carbocycles. The van der Waals surface area contributed by atoms with Crippen molar-refractivity contribution >= 4 is 45.3 Å². The van der Waals surface area contributed by atoms with Crippen molar-refractivity contribution in [2.45, 2.75) is 19.9 Å². The summed E-state index contributed by atoms with van der Waals surface area (Å²) < 4.78 is 4.93. The van der Waals surface area contributed by atoms with Gasteiger partial charge < -0.3 is 15.0 Å². The topological polar surface area (TPSA) is 41.6 Å². The Kier molecular flexibility index (Phi) is 6.79. The number of anilines is 2. The third kappa shape index (κ3) is 4.77. The molecule has 3 aromatic rings. The maximum atomic E-state index is 12.2. The van der Waals surface area contributed by atoms with Crippen molar-refractivity contribution in [2.75, 3.05) is 17.3 Å². The molecule has 0 unspecified atom stereocenters. The smallest absolute Gasteiger partial charge is 0.340 e. The lowest BCUT2D eigenvalue weighted by Crippen LogP contribution is -2.34. The van der Waals surface area contributed by atoms with E-state index in [-0.39, 0.29) is 5.97 Å². The lowest BCUT2D eigenvalue weighted by atomic mass is 10.2. The quantitative estimate of drug-likeness (QED) is 0.429. The average Bonchev–Trinajstić information content (AvgIpc) is 3.15. The molecule has 0 fully saturated rings. The number of benzene rings is 2. The van der Waals surface area contributed by atoms with Crippen molar-refractivity contribution in [2.24, 2.45) is 0 Å². The van der Waals surface area contributed by atoms with E-state index in [2.05, 4.69) is 24.4 Å². The van der Waals surface area contributed by atoms with Crippen molar-refractivity contribution in [3.05, 3.63) is 82.7 Å². The summed E-state index contributed by atoms with van der Waals surface area (Å²) in [6.07, 6.45) is 0.843. The second-order valence-corrected chi connectivity index (χ2v) is 7.66. The predicted molar refractivity (Wildman–Crippen MR) is 120 cm³/mol. The molecule has 0 saturated carbocycles. The van der Waals surface area contributed by atoms with E-state index in [1.165, 1.54) is 18.4 Å². The molecule has 0 aliphatic heterocycles. The lowest BCUT2D eigenvalue weighted by molar-refractivity contribution is 0.0602. The first-order chi connectivity index (χ1) is 13.6. The number of hydrogen-bond acceptors (Lipinski definition) is 4. The standard InChI is InChI=1S/C22H22N2O2S2/c1-3-18-14-19(21(25)26-2)20(28-18)23-22(27)24(17-12-8-5-9-13-17)15-16-10-6-4-7-11-16/h4-14H,3,15H2,1-2H3,(H,23,27). The van der Waals surface area contributed by atoms with Gasteiger partial charge in [-0.2, -0.15) is 0 Å². The van der Waals surface area contributed by atoms with E-state index in [1.54, 1.807) is 0 Å². The van der Waals surface area contributed by atoms with Gasteiger partial charge in [0.1, 0.15) is 5.00 Å². The molecular weight excluding hydrogens is 388 g/mol. The molecule has 6 heteroatoms. The van der Waals surface area contributed by atoms with Crippen LogP contribution in [0.15, 0.2) is 66.7 Å². The molecule has 4 nitrogen and oxygen atoms in total. The van der Waals surface area contributed by atoms with Gasteiger partial charge in [0.15, 0.2) is 5.11 Å². The highest BCUT2D eigenvalue weighted by Gasteiger charge is 2.20. The van der Waals surface area contributed by atoms with Crippen LogP contribution in [0.5, 0.6) is 0 Å². The second kappa shape index (κ2) is 9.48. The number of rotatable bonds is 6. The van der Waals surface area contributed by atoms with Crippen LogP contribution < -0.4 is 10.2 Å². The van der Waals surface area contributed by atoms with E-state index in [4.69, 9.17) is 17.0 Å². The maximum Gasteiger partial charge on any atom is 0.340 e. The van der Waals surface area contributed by atoms with Crippen LogP contribution in [0.25, 0.3) is 0 Å². The van der Waals surface area contributed by atoms with Crippen LogP contribution >= 0.6 is 23.6 Å². The van der Waals surface area contributed by atoms with E-state index in [0.29, 0.717) is 22.2 Å². The number of thiocarbonyl (C=S) groups is 1. The van der Waals surface area contributed by atoms with Gasteiger partial charge in [-0.1, -0.05) is 55.5 Å². The molecule has 0 bridgehead atoms. The third-order valence-electron chi connectivity index (χ3n) is 4.25. The lowest BCUT2D eigenvalue weighted by Gasteiger charge is -2.26. The fraction of sp³-hybridized carbons (Fsp3) is 0.182. The minimum Gasteiger partial charge on any atom is -0.465 e. The molecule has 0 aliphatic rings. The van der Waals surface area contributed by atoms with Crippen LogP contribution in [-0.4, -0.2) is 18.2 Å². The van der Waals surface area contributed by atoms with Crippen LogP contribution in [0.4, 0.5) is 10.7 Å². The summed E-state index contributed by atoms with van der Waals surface area (Å²) in [5, 5.41) is 4.52. The number of hydrogen-bond donors (Lipinski definition) is 1. The summed E-state index contributed by atoms with van der Waals surface area (Å²) in [5.41, 5.74) is 2.64. The number of ether oxygens (including phenoxy) is 1. The van der Waals surface area contributed by atoms with Gasteiger partial charge in [0, 0.05) is 10.6 Å². The number of thiophene rings is 1. The van der Waals surface area contributed by atoms with Crippen LogP contribution in [0.3, 0.4) is 0 Å². The zero-order valence-corrected chi connectivity index (χ0v) is 17.5. The molecule has 0 saturated heterocycles. The molecule has 1 aromatic heterocycles. The van der Waals surface area contributed by atoms with Gasteiger partial charge in [-0.3, -0.25) is 0 Å². The predicted octanol–water partition coefficient (Wildman–Crippen LogP) is 5.50. The number of para-hydroxylation sites is 1. The number of esters is 1. The minimum atomic E-state index is -0.365. The highest BCUT2D eigenvalue weighted by molar-refractivity contribution is 7.80. The highest BCUT2D eigenvalue weighted by atomic mass is 32.1. The van der Waals surface area contributed by atoms with Gasteiger partial charge >= 0.3 is 5.97 Å². The largest absolute Gasteiger partial charge is 0.465 e. The number of nitrogens with zero attached hydrogens (tertiary/aromatic N) is 1. The maximum absolute atomic E-state index is 12.2. The van der Waals surface area contributed by atoms with Gasteiger partial charge in [-0.05, 0) is 42.4 Å². The molecular formula is C22H22N2O2S2. The van der Waals surface area contributed by atoms with Crippen LogP contribution in [0.2, 0.25) is 0 Å². The Morgan fingerprint density at radius 1 is 1.11 bits per heavy atom. The Bertz CT molecular complexity index is 940. The molecule has 0 amide bonds. The first kappa shape index (κ1) is 20.0. The molecule has 0 spiro atoms. The normalized spacial score (nSPS) is 10.4. The fourth-order valence-electron chi connectivity index (χ4n) is 2.79. The summed E-state index contributed by atoms with van der Waals surface area (Å²) >= 11 is 7.26. The molecule has 144 valence electrons. The van der Waals surface area contributed by atoms with Crippen molar-refractivity contribution in [3.8, 4) is 0 Å². The molecule has 28 heavy (non-hydrogen) atoms. The molecule has 1 N–H and O–H groups in total. The highest BCUT2D eigenvalue weighted by Crippen LogP contribution is 2.30. The molecule has 0 atom stereocenters. The number of carbonyl (C=O) groups is 1. The number of nitrogens with one attached hydrogen (secondary N) is 1. The minimum absolute atomic E-state index is 0.365. The zero-order chi connectivity index (χ0) is 19.9. The SMILES string of the molecule is CCc1cc(C(=O)OC)c(NC(=S)N(Cc2ccccc2)c2ccccc2)s1. The molecule has 3 rings (SSSR count). The molecule has 1 heterocycles. The van der Waals surface area contributed by atoms with E-state index < -0.39 is 0 Å². The van der Waals surface area contributed by atoms with Gasteiger partial charge in [-0.25, -0.2) is 4.79 Å². The van der Waals surface area contributed by atoms with Crippen LogP contribution in [0, 0.1) is 0 Å². The summed E-state index contributed by atoms with van der Waals surface area (Å²) in [6, 6.07) is 22.0. The van der Waals surface area contributed by atoms with Gasteiger partial charge in [0.2, 0.25) is 0 Å². The Balaban J connectivity index is 1.90. The van der Waals surface area contributed by atoms with Crippen molar-refractivity contribution in [1.29, 1.82) is 0 Å². The van der Waals surface area contributed by atoms with Gasteiger partial charge in [0.05, 0.1) is 19.2 Å². The van der Waals surface area contributed by atoms with Gasteiger partial charge in [0.25, 0.3) is 0 Å². The van der Waals surface area contributed by atoms with E-state index >= 15 is 0 Å². The first-order valence-corrected chi connectivity index (χ1v) is 10.2. The zero-order valence-electron chi connectivity index (χ0n) is 15.8. The average molecular weight is 411 g/mol. The fourth-order valence-corrected chi connectivity index (χ4v) is 4.11. The van der Waals surface area contributed by atoms with Crippen molar-refractivity contribution in [1.82, 2.24) is 0 Å². The molecule has 0 aliphatic carbocycles. The molecule has 0 radical (unpaired) electrons. The van der Waals surface area contributed by atoms with Crippen LogP contribution in [0.1, 0.15) is 27.7 Å². The van der Waals surface area contributed by atoms with Crippen LogP contribution in [-0.2, 0) is 17.7 Å². The van der Waals surface area contributed by atoms with E-state index in [1.807, 2.05) is 59.5 Å². The Morgan fingerprint density at radius 3 is 2.36 bits per heavy atom. The van der Waals surface area contributed by atoms with E-state index in [9.17, 15) is 4.79 Å². The van der Waals surface area contributed by atoms with Crippen molar-refractivity contribution < 1.29 is 9.53 Å².